The van der Waals surface area contributed by atoms with E-state index in [1.807, 2.05) is 28.8 Å². The van der Waals surface area contributed by atoms with Crippen molar-refractivity contribution in [1.82, 2.24) is 9.55 Å². The van der Waals surface area contributed by atoms with Crippen LogP contribution in [0.5, 0.6) is 0 Å². The van der Waals surface area contributed by atoms with E-state index in [1.54, 1.807) is 20.8 Å². The van der Waals surface area contributed by atoms with Crippen LogP contribution in [0.1, 0.15) is 32.4 Å². The molecular formula is C21H19ClN4O4. The van der Waals surface area contributed by atoms with Crippen LogP contribution < -0.4 is 5.32 Å². The SMILES string of the molecule is CC1=C(C(=O)OC(C)C)[C@@H](c2cc([N+](=O)[O-])ccc2Cl)n2c(nc3ccccc32)N1. The topological polar surface area (TPSA) is 99.3 Å². The summed E-state index contributed by atoms with van der Waals surface area (Å²) >= 11 is 6.49. The molecule has 0 radical (unpaired) electrons. The van der Waals surface area contributed by atoms with Crippen LogP contribution in [0.4, 0.5) is 11.6 Å². The predicted molar refractivity (Wildman–Crippen MR) is 114 cm³/mol. The van der Waals surface area contributed by atoms with E-state index >= 15 is 0 Å². The first kappa shape index (κ1) is 19.9. The minimum atomic E-state index is -0.743. The van der Waals surface area contributed by atoms with E-state index in [-0.39, 0.29) is 11.8 Å². The number of nitrogens with zero attached hydrogens (tertiary/aromatic N) is 3. The number of carbonyl (C=O) groups is 1. The maximum atomic E-state index is 13.1. The lowest BCUT2D eigenvalue weighted by Gasteiger charge is -2.31. The number of nitro groups is 1. The lowest BCUT2D eigenvalue weighted by atomic mass is 9.94. The molecule has 0 amide bonds. The molecule has 0 aliphatic carbocycles. The number of hydrogen-bond donors (Lipinski definition) is 1. The molecule has 1 atom stereocenters. The van der Waals surface area contributed by atoms with Gasteiger partial charge in [-0.15, -0.1) is 0 Å². The van der Waals surface area contributed by atoms with Crippen molar-refractivity contribution < 1.29 is 14.5 Å². The molecule has 0 saturated heterocycles. The molecule has 8 nitrogen and oxygen atoms in total. The molecule has 2 heterocycles. The van der Waals surface area contributed by atoms with Crippen molar-refractivity contribution in [2.75, 3.05) is 5.32 Å². The third-order valence-electron chi connectivity index (χ3n) is 4.88. The molecule has 4 rings (SSSR count). The lowest BCUT2D eigenvalue weighted by molar-refractivity contribution is -0.384. The monoisotopic (exact) mass is 426 g/mol. The number of imidazole rings is 1. The van der Waals surface area contributed by atoms with Gasteiger partial charge in [0.25, 0.3) is 5.69 Å². The Balaban J connectivity index is 2.01. The van der Waals surface area contributed by atoms with Crippen LogP contribution in [0.25, 0.3) is 11.0 Å². The number of fused-ring (bicyclic) bond motifs is 3. The number of halogens is 1. The van der Waals surface area contributed by atoms with Crippen LogP contribution >= 0.6 is 11.6 Å². The number of non-ortho nitro benzene ring substituents is 1. The number of nitro benzene ring substituents is 1. The van der Waals surface area contributed by atoms with Gasteiger partial charge in [-0.05, 0) is 39.0 Å². The van der Waals surface area contributed by atoms with Crippen molar-refractivity contribution in [2.24, 2.45) is 0 Å². The number of benzene rings is 2. The summed E-state index contributed by atoms with van der Waals surface area (Å²) in [6.07, 6.45) is -0.333. The Morgan fingerprint density at radius 1 is 1.30 bits per heavy atom. The molecule has 154 valence electrons. The summed E-state index contributed by atoms with van der Waals surface area (Å²) in [4.78, 5) is 28.6. The summed E-state index contributed by atoms with van der Waals surface area (Å²) in [6.45, 7) is 5.27. The number of hydrogen-bond acceptors (Lipinski definition) is 6. The van der Waals surface area contributed by atoms with Crippen molar-refractivity contribution >= 4 is 40.2 Å². The van der Waals surface area contributed by atoms with Gasteiger partial charge in [0.1, 0.15) is 0 Å². The highest BCUT2D eigenvalue weighted by atomic mass is 35.5. The zero-order valence-electron chi connectivity index (χ0n) is 16.5. The normalized spacial score (nSPS) is 15.8. The van der Waals surface area contributed by atoms with Crippen molar-refractivity contribution in [3.8, 4) is 0 Å². The average Bonchev–Trinajstić information content (AvgIpc) is 3.04. The largest absolute Gasteiger partial charge is 0.459 e. The first-order valence-corrected chi connectivity index (χ1v) is 9.75. The van der Waals surface area contributed by atoms with E-state index in [9.17, 15) is 14.9 Å². The first-order chi connectivity index (χ1) is 14.3. The number of carbonyl (C=O) groups excluding carboxylic acids is 1. The number of ether oxygens (including phenoxy) is 1. The third kappa shape index (κ3) is 3.29. The zero-order chi connectivity index (χ0) is 21.6. The van der Waals surface area contributed by atoms with Crippen LogP contribution in [-0.4, -0.2) is 26.5 Å². The van der Waals surface area contributed by atoms with E-state index in [2.05, 4.69) is 10.3 Å². The van der Waals surface area contributed by atoms with Crippen LogP contribution in [-0.2, 0) is 9.53 Å². The second kappa shape index (κ2) is 7.46. The van der Waals surface area contributed by atoms with Gasteiger partial charge in [0.15, 0.2) is 0 Å². The van der Waals surface area contributed by atoms with Gasteiger partial charge in [-0.2, -0.15) is 0 Å². The fourth-order valence-corrected chi connectivity index (χ4v) is 3.88. The van der Waals surface area contributed by atoms with Gasteiger partial charge in [-0.1, -0.05) is 23.7 Å². The van der Waals surface area contributed by atoms with Gasteiger partial charge in [0.05, 0.1) is 33.7 Å². The number of rotatable bonds is 4. The highest BCUT2D eigenvalue weighted by molar-refractivity contribution is 6.31. The van der Waals surface area contributed by atoms with Crippen molar-refractivity contribution in [3.05, 3.63) is 74.4 Å². The second-order valence-electron chi connectivity index (χ2n) is 7.28. The smallest absolute Gasteiger partial charge is 0.338 e. The first-order valence-electron chi connectivity index (χ1n) is 9.37. The Morgan fingerprint density at radius 3 is 2.73 bits per heavy atom. The van der Waals surface area contributed by atoms with E-state index in [4.69, 9.17) is 16.3 Å². The number of allylic oxidation sites excluding steroid dienone is 1. The third-order valence-corrected chi connectivity index (χ3v) is 5.22. The maximum Gasteiger partial charge on any atom is 0.338 e. The van der Waals surface area contributed by atoms with Gasteiger partial charge in [-0.3, -0.25) is 14.7 Å². The molecule has 1 aromatic heterocycles. The summed E-state index contributed by atoms with van der Waals surface area (Å²) in [7, 11) is 0. The van der Waals surface area contributed by atoms with Crippen LogP contribution in [0.2, 0.25) is 5.02 Å². The molecule has 30 heavy (non-hydrogen) atoms. The Morgan fingerprint density at radius 2 is 2.03 bits per heavy atom. The number of para-hydroxylation sites is 2. The summed E-state index contributed by atoms with van der Waals surface area (Å²) in [5, 5.41) is 14.9. The Bertz CT molecular complexity index is 1210. The molecule has 0 spiro atoms. The Hall–Kier alpha value is -3.39. The zero-order valence-corrected chi connectivity index (χ0v) is 17.3. The van der Waals surface area contributed by atoms with E-state index < -0.39 is 16.9 Å². The van der Waals surface area contributed by atoms with Crippen LogP contribution in [0.3, 0.4) is 0 Å². The number of esters is 1. The fourth-order valence-electron chi connectivity index (χ4n) is 3.65. The molecule has 0 fully saturated rings. The van der Waals surface area contributed by atoms with Crippen LogP contribution in [0.15, 0.2) is 53.7 Å². The molecule has 2 aromatic carbocycles. The molecule has 1 aliphatic rings. The summed E-state index contributed by atoms with van der Waals surface area (Å²) in [5.74, 6) is -0.00614. The minimum absolute atomic E-state index is 0.117. The van der Waals surface area contributed by atoms with E-state index in [0.29, 0.717) is 27.8 Å². The van der Waals surface area contributed by atoms with E-state index in [0.717, 1.165) is 11.0 Å². The molecule has 0 unspecified atom stereocenters. The van der Waals surface area contributed by atoms with Crippen molar-refractivity contribution in [2.45, 2.75) is 32.9 Å². The molecule has 1 N–H and O–H groups in total. The lowest BCUT2D eigenvalue weighted by Crippen LogP contribution is -2.30. The van der Waals surface area contributed by atoms with Crippen molar-refractivity contribution in [3.63, 3.8) is 0 Å². The standard InChI is InChI=1S/C21H19ClN4O4/c1-11(2)30-20(27)18-12(3)23-21-24-16-6-4-5-7-17(16)25(21)19(18)14-10-13(26(28)29)8-9-15(14)22/h4-11,19H,1-3H3,(H,23,24)/t19-/m1/s1. The average molecular weight is 427 g/mol. The number of aromatic nitrogens is 2. The van der Waals surface area contributed by atoms with Gasteiger partial charge < -0.3 is 10.1 Å². The van der Waals surface area contributed by atoms with Gasteiger partial charge in [0.2, 0.25) is 5.95 Å². The molecule has 9 heteroatoms. The summed E-state index contributed by atoms with van der Waals surface area (Å²) in [6, 6.07) is 10.9. The molecule has 0 bridgehead atoms. The second-order valence-corrected chi connectivity index (χ2v) is 7.68. The molecule has 0 saturated carbocycles. The molecule has 1 aliphatic heterocycles. The van der Waals surface area contributed by atoms with Crippen LogP contribution in [0, 0.1) is 10.1 Å². The summed E-state index contributed by atoms with van der Waals surface area (Å²) < 4.78 is 7.31. The quantitative estimate of drug-likeness (QED) is 0.364. The highest BCUT2D eigenvalue weighted by Gasteiger charge is 2.37. The molecular weight excluding hydrogens is 408 g/mol. The van der Waals surface area contributed by atoms with Gasteiger partial charge in [-0.25, -0.2) is 9.78 Å². The van der Waals surface area contributed by atoms with E-state index in [1.165, 1.54) is 18.2 Å². The van der Waals surface area contributed by atoms with Gasteiger partial charge in [0, 0.05) is 28.4 Å². The Labute approximate surface area is 177 Å². The number of anilines is 1. The highest BCUT2D eigenvalue weighted by Crippen LogP contribution is 2.42. The molecule has 3 aromatic rings. The van der Waals surface area contributed by atoms with Crippen molar-refractivity contribution in [1.29, 1.82) is 0 Å². The predicted octanol–water partition coefficient (Wildman–Crippen LogP) is 4.84. The number of nitrogens with one attached hydrogen (secondary N) is 1. The Kier molecular flexibility index (Phi) is 4.95. The minimum Gasteiger partial charge on any atom is -0.459 e. The summed E-state index contributed by atoms with van der Waals surface area (Å²) in [5.41, 5.74) is 2.66. The van der Waals surface area contributed by atoms with Gasteiger partial charge >= 0.3 is 5.97 Å². The maximum absolute atomic E-state index is 13.1. The fraction of sp³-hybridized carbons (Fsp3) is 0.238.